The normalized spacial score (nSPS) is 16.3. The summed E-state index contributed by atoms with van der Waals surface area (Å²) in [6.07, 6.45) is -0.368. The smallest absolute Gasteiger partial charge is 0.237 e. The molecule has 150 valence electrons. The van der Waals surface area contributed by atoms with Gasteiger partial charge in [-0.15, -0.1) is 10.2 Å². The first-order valence-corrected chi connectivity index (χ1v) is 10.3. The third kappa shape index (κ3) is 4.33. The minimum absolute atomic E-state index is 0.145. The Morgan fingerprint density at radius 2 is 2.03 bits per heavy atom. The first-order valence-electron chi connectivity index (χ1n) is 9.02. The molecule has 29 heavy (non-hydrogen) atoms. The van der Waals surface area contributed by atoms with E-state index >= 15 is 0 Å². The van der Waals surface area contributed by atoms with E-state index in [2.05, 4.69) is 15.5 Å². The van der Waals surface area contributed by atoms with Crippen LogP contribution in [0.4, 0.5) is 5.69 Å². The van der Waals surface area contributed by atoms with Gasteiger partial charge in [0.1, 0.15) is 6.61 Å². The summed E-state index contributed by atoms with van der Waals surface area (Å²) in [5.74, 6) is 1.89. The molecular weight excluding hydrogens is 412 g/mol. The first-order chi connectivity index (χ1) is 14.0. The number of amides is 1. The van der Waals surface area contributed by atoms with Gasteiger partial charge in [0.25, 0.3) is 0 Å². The number of nitrogens with one attached hydrogen (secondary N) is 1. The average molecular weight is 431 g/mol. The largest absolute Gasteiger partial charge is 0.485 e. The molecule has 1 amide bonds. The molecule has 7 nitrogen and oxygen atoms in total. The van der Waals surface area contributed by atoms with Gasteiger partial charge in [-0.2, -0.15) is 0 Å². The summed E-state index contributed by atoms with van der Waals surface area (Å²) in [5.41, 5.74) is 0.653. The number of halogens is 1. The van der Waals surface area contributed by atoms with Gasteiger partial charge in [-0.1, -0.05) is 41.6 Å². The van der Waals surface area contributed by atoms with E-state index in [1.807, 2.05) is 42.8 Å². The van der Waals surface area contributed by atoms with Crippen molar-refractivity contribution >= 4 is 35.0 Å². The highest BCUT2D eigenvalue weighted by molar-refractivity contribution is 8.00. The van der Waals surface area contributed by atoms with E-state index in [1.54, 1.807) is 24.3 Å². The van der Waals surface area contributed by atoms with Gasteiger partial charge in [-0.25, -0.2) is 0 Å². The summed E-state index contributed by atoms with van der Waals surface area (Å²) < 4.78 is 13.6. The molecule has 2 aromatic carbocycles. The van der Waals surface area contributed by atoms with Gasteiger partial charge in [-0.3, -0.25) is 4.79 Å². The van der Waals surface area contributed by atoms with Gasteiger partial charge < -0.3 is 19.4 Å². The predicted molar refractivity (Wildman–Crippen MR) is 112 cm³/mol. The number of hydrogen-bond donors (Lipinski definition) is 1. The number of benzene rings is 2. The Morgan fingerprint density at radius 1 is 1.24 bits per heavy atom. The lowest BCUT2D eigenvalue weighted by molar-refractivity contribution is -0.115. The molecule has 0 spiro atoms. The van der Waals surface area contributed by atoms with Gasteiger partial charge in [0, 0.05) is 17.8 Å². The highest BCUT2D eigenvalue weighted by Crippen LogP contribution is 2.36. The van der Waals surface area contributed by atoms with E-state index in [4.69, 9.17) is 21.1 Å². The highest BCUT2D eigenvalue weighted by atomic mass is 35.5. The van der Waals surface area contributed by atoms with E-state index < -0.39 is 0 Å². The fourth-order valence-corrected chi connectivity index (χ4v) is 3.89. The zero-order valence-corrected chi connectivity index (χ0v) is 17.4. The summed E-state index contributed by atoms with van der Waals surface area (Å²) in [5, 5.41) is 12.2. The molecule has 4 rings (SSSR count). The SMILES string of the molecule is C[C@H](Sc1nnc([C@H]2COc3ccccc3O2)n1C)C(=O)Nc1cccc(Cl)c1. The number of carbonyl (C=O) groups is 1. The Hall–Kier alpha value is -2.71. The van der Waals surface area contributed by atoms with Crippen LogP contribution in [-0.2, 0) is 11.8 Å². The second-order valence-corrected chi connectivity index (χ2v) is 8.27. The molecule has 0 aliphatic carbocycles. The fourth-order valence-electron chi connectivity index (χ4n) is 2.88. The standard InChI is InChI=1S/C20H19ClN4O3S/c1-12(19(26)22-14-7-5-6-13(21)10-14)29-20-24-23-18(25(20)2)17-11-27-15-8-3-4-9-16(15)28-17/h3-10,12,17H,11H2,1-2H3,(H,22,26)/t12-,17+/m0/s1. The number of nitrogens with zero attached hydrogens (tertiary/aromatic N) is 3. The molecule has 2 atom stereocenters. The molecule has 1 aliphatic rings. The minimum atomic E-state index is -0.381. The van der Waals surface area contributed by atoms with E-state index in [1.165, 1.54) is 11.8 Å². The van der Waals surface area contributed by atoms with Gasteiger partial charge in [0.05, 0.1) is 5.25 Å². The number of ether oxygens (including phenoxy) is 2. The number of aromatic nitrogens is 3. The zero-order chi connectivity index (χ0) is 20.4. The molecule has 1 N–H and O–H groups in total. The molecule has 0 fully saturated rings. The van der Waals surface area contributed by atoms with Crippen molar-refractivity contribution in [1.29, 1.82) is 0 Å². The molecule has 3 aromatic rings. The van der Waals surface area contributed by atoms with Crippen molar-refractivity contribution in [2.45, 2.75) is 23.4 Å². The average Bonchev–Trinajstić information content (AvgIpc) is 3.08. The van der Waals surface area contributed by atoms with Crippen LogP contribution in [0.5, 0.6) is 11.5 Å². The number of thioether (sulfide) groups is 1. The lowest BCUT2D eigenvalue weighted by atomic mass is 10.2. The summed E-state index contributed by atoms with van der Waals surface area (Å²) in [4.78, 5) is 12.5. The highest BCUT2D eigenvalue weighted by Gasteiger charge is 2.28. The maximum Gasteiger partial charge on any atom is 0.237 e. The topological polar surface area (TPSA) is 78.3 Å². The summed E-state index contributed by atoms with van der Waals surface area (Å²) >= 11 is 7.29. The van der Waals surface area contributed by atoms with Gasteiger partial charge in [0.2, 0.25) is 5.91 Å². The number of hydrogen-bond acceptors (Lipinski definition) is 6. The predicted octanol–water partition coefficient (Wildman–Crippen LogP) is 4.10. The van der Waals surface area contributed by atoms with E-state index in [9.17, 15) is 4.79 Å². The quantitative estimate of drug-likeness (QED) is 0.614. The summed E-state index contributed by atoms with van der Waals surface area (Å²) in [6.45, 7) is 2.16. The second-order valence-electron chi connectivity index (χ2n) is 6.52. The maximum atomic E-state index is 12.5. The molecule has 0 saturated heterocycles. The van der Waals surface area contributed by atoms with E-state index in [0.717, 1.165) is 0 Å². The maximum absolute atomic E-state index is 12.5. The fraction of sp³-hybridized carbons (Fsp3) is 0.250. The van der Waals surface area contributed by atoms with Crippen molar-refractivity contribution in [2.75, 3.05) is 11.9 Å². The van der Waals surface area contributed by atoms with Crippen LogP contribution in [0, 0.1) is 0 Å². The summed E-state index contributed by atoms with van der Waals surface area (Å²) in [6, 6.07) is 14.5. The second kappa shape index (κ2) is 8.34. The van der Waals surface area contributed by atoms with Crippen LogP contribution >= 0.6 is 23.4 Å². The Balaban J connectivity index is 1.43. The number of para-hydroxylation sites is 2. The molecule has 0 unspecified atom stereocenters. The van der Waals surface area contributed by atoms with E-state index in [-0.39, 0.29) is 17.3 Å². The molecule has 9 heteroatoms. The minimum Gasteiger partial charge on any atom is -0.485 e. The third-order valence-electron chi connectivity index (χ3n) is 4.41. The van der Waals surface area contributed by atoms with Crippen molar-refractivity contribution in [2.24, 2.45) is 7.05 Å². The third-order valence-corrected chi connectivity index (χ3v) is 5.78. The van der Waals surface area contributed by atoms with Crippen molar-refractivity contribution in [3.63, 3.8) is 0 Å². The Bertz CT molecular complexity index is 1040. The lowest BCUT2D eigenvalue weighted by Gasteiger charge is -2.25. The Morgan fingerprint density at radius 3 is 2.83 bits per heavy atom. The van der Waals surface area contributed by atoms with Crippen molar-refractivity contribution in [3.05, 3.63) is 59.4 Å². The molecule has 1 aromatic heterocycles. The van der Waals surface area contributed by atoms with Crippen LogP contribution in [-0.4, -0.2) is 32.5 Å². The molecule has 1 aliphatic heterocycles. The Kier molecular flexibility index (Phi) is 5.64. The summed E-state index contributed by atoms with van der Waals surface area (Å²) in [7, 11) is 1.85. The number of anilines is 1. The van der Waals surface area contributed by atoms with Gasteiger partial charge in [-0.05, 0) is 37.3 Å². The van der Waals surface area contributed by atoms with Crippen LogP contribution < -0.4 is 14.8 Å². The number of carbonyl (C=O) groups excluding carboxylic acids is 1. The first kappa shape index (κ1) is 19.6. The molecule has 2 heterocycles. The van der Waals surface area contributed by atoms with Crippen molar-refractivity contribution in [3.8, 4) is 11.5 Å². The van der Waals surface area contributed by atoms with Crippen LogP contribution in [0.2, 0.25) is 5.02 Å². The van der Waals surface area contributed by atoms with Crippen LogP contribution in [0.25, 0.3) is 0 Å². The van der Waals surface area contributed by atoms with Gasteiger partial charge >= 0.3 is 0 Å². The van der Waals surface area contributed by atoms with Crippen LogP contribution in [0.1, 0.15) is 18.9 Å². The Labute approximate surface area is 177 Å². The van der Waals surface area contributed by atoms with Crippen LogP contribution in [0.3, 0.4) is 0 Å². The number of rotatable bonds is 5. The van der Waals surface area contributed by atoms with Crippen molar-refractivity contribution in [1.82, 2.24) is 14.8 Å². The number of fused-ring (bicyclic) bond motifs is 1. The van der Waals surface area contributed by atoms with E-state index in [0.29, 0.717) is 39.8 Å². The monoisotopic (exact) mass is 430 g/mol. The molecular formula is C20H19ClN4O3S. The zero-order valence-electron chi connectivity index (χ0n) is 15.8. The van der Waals surface area contributed by atoms with Crippen molar-refractivity contribution < 1.29 is 14.3 Å². The molecule has 0 radical (unpaired) electrons. The molecule has 0 saturated carbocycles. The molecule has 0 bridgehead atoms. The van der Waals surface area contributed by atoms with Gasteiger partial charge in [0.15, 0.2) is 28.6 Å². The van der Waals surface area contributed by atoms with Crippen LogP contribution in [0.15, 0.2) is 53.7 Å². The lowest BCUT2D eigenvalue weighted by Crippen LogP contribution is -2.25.